The van der Waals surface area contributed by atoms with Gasteiger partial charge in [-0.15, -0.1) is 0 Å². The Hall–Kier alpha value is -1.95. The van der Waals surface area contributed by atoms with Gasteiger partial charge in [0.05, 0.1) is 11.9 Å². The Bertz CT molecular complexity index is 632. The molecule has 18 heavy (non-hydrogen) atoms. The monoisotopic (exact) mass is 307 g/mol. The first-order valence-corrected chi connectivity index (χ1v) is 5.98. The maximum absolute atomic E-state index is 11.8. The summed E-state index contributed by atoms with van der Waals surface area (Å²) in [6.07, 6.45) is 2.35. The lowest BCUT2D eigenvalue weighted by atomic mass is 10.2. The number of aryl methyl sites for hydroxylation is 1. The molecule has 0 fully saturated rings. The average molecular weight is 308 g/mol. The Morgan fingerprint density at radius 3 is 2.83 bits per heavy atom. The largest absolute Gasteiger partial charge is 0.325 e. The van der Waals surface area contributed by atoms with E-state index in [1.165, 1.54) is 6.20 Å². The molecule has 2 N–H and O–H groups in total. The van der Waals surface area contributed by atoms with Crippen molar-refractivity contribution in [3.8, 4) is 0 Å². The fourth-order valence-corrected chi connectivity index (χ4v) is 1.97. The first-order valence-electron chi connectivity index (χ1n) is 5.18. The molecule has 0 saturated carbocycles. The minimum absolute atomic E-state index is 0.155. The standard InChI is InChI=1S/C12H10BrN3O2/c1-7-2-3-9(8(13)4-7)16-12(18)10-5-15-11(17)6-14-10/h2-6H,1H3,(H,15,17)(H,16,18). The van der Waals surface area contributed by atoms with Crippen molar-refractivity contribution in [1.29, 1.82) is 0 Å². The van der Waals surface area contributed by atoms with Crippen molar-refractivity contribution in [3.05, 3.63) is 56.7 Å². The van der Waals surface area contributed by atoms with Crippen LogP contribution in [-0.4, -0.2) is 15.9 Å². The maximum Gasteiger partial charge on any atom is 0.275 e. The fraction of sp³-hybridized carbons (Fsp3) is 0.0833. The number of aromatic amines is 1. The van der Waals surface area contributed by atoms with Gasteiger partial charge in [-0.25, -0.2) is 4.98 Å². The van der Waals surface area contributed by atoms with E-state index in [1.54, 1.807) is 6.07 Å². The molecule has 1 amide bonds. The zero-order chi connectivity index (χ0) is 13.1. The Morgan fingerprint density at radius 1 is 1.44 bits per heavy atom. The molecule has 2 aromatic rings. The Morgan fingerprint density at radius 2 is 2.22 bits per heavy atom. The summed E-state index contributed by atoms with van der Waals surface area (Å²) in [6, 6.07) is 5.58. The van der Waals surface area contributed by atoms with Crippen LogP contribution < -0.4 is 10.9 Å². The molecule has 0 aliphatic rings. The molecule has 0 unspecified atom stereocenters. The lowest BCUT2D eigenvalue weighted by molar-refractivity contribution is 0.102. The summed E-state index contributed by atoms with van der Waals surface area (Å²) in [6.45, 7) is 1.96. The van der Waals surface area contributed by atoms with E-state index in [2.05, 4.69) is 31.2 Å². The number of halogens is 1. The summed E-state index contributed by atoms with van der Waals surface area (Å²) in [7, 11) is 0. The topological polar surface area (TPSA) is 74.8 Å². The van der Waals surface area contributed by atoms with Crippen molar-refractivity contribution in [2.24, 2.45) is 0 Å². The molecule has 0 bridgehead atoms. The number of aromatic nitrogens is 2. The Labute approximate surface area is 111 Å². The average Bonchev–Trinajstić information content (AvgIpc) is 2.33. The summed E-state index contributed by atoms with van der Waals surface area (Å²) >= 11 is 3.37. The van der Waals surface area contributed by atoms with Gasteiger partial charge in [0.2, 0.25) is 0 Å². The Kier molecular flexibility index (Phi) is 3.57. The van der Waals surface area contributed by atoms with Crippen LogP contribution in [0.4, 0.5) is 5.69 Å². The van der Waals surface area contributed by atoms with Crippen molar-refractivity contribution >= 4 is 27.5 Å². The van der Waals surface area contributed by atoms with E-state index in [0.29, 0.717) is 5.69 Å². The van der Waals surface area contributed by atoms with Crippen LogP contribution in [0.25, 0.3) is 0 Å². The molecule has 0 atom stereocenters. The lowest BCUT2D eigenvalue weighted by Gasteiger charge is -2.07. The highest BCUT2D eigenvalue weighted by Gasteiger charge is 2.09. The van der Waals surface area contributed by atoms with E-state index in [1.807, 2.05) is 19.1 Å². The second kappa shape index (κ2) is 5.14. The van der Waals surface area contributed by atoms with Crippen LogP contribution in [0.15, 0.2) is 39.9 Å². The summed E-state index contributed by atoms with van der Waals surface area (Å²) < 4.78 is 0.792. The van der Waals surface area contributed by atoms with Crippen LogP contribution in [0.5, 0.6) is 0 Å². The number of rotatable bonds is 2. The number of carbonyl (C=O) groups is 1. The second-order valence-corrected chi connectivity index (χ2v) is 4.59. The second-order valence-electron chi connectivity index (χ2n) is 3.73. The quantitative estimate of drug-likeness (QED) is 0.892. The van der Waals surface area contributed by atoms with Gasteiger partial charge < -0.3 is 10.3 Å². The fourth-order valence-electron chi connectivity index (χ4n) is 1.37. The van der Waals surface area contributed by atoms with Gasteiger partial charge in [0, 0.05) is 10.7 Å². The summed E-state index contributed by atoms with van der Waals surface area (Å²) in [5.74, 6) is -0.379. The molecule has 92 valence electrons. The van der Waals surface area contributed by atoms with Gasteiger partial charge in [0.1, 0.15) is 5.69 Å². The third-order valence-corrected chi connectivity index (χ3v) is 2.93. The van der Waals surface area contributed by atoms with Crippen molar-refractivity contribution in [2.75, 3.05) is 5.32 Å². The van der Waals surface area contributed by atoms with Gasteiger partial charge in [-0.2, -0.15) is 0 Å². The van der Waals surface area contributed by atoms with Crippen molar-refractivity contribution in [2.45, 2.75) is 6.92 Å². The van der Waals surface area contributed by atoms with Gasteiger partial charge in [-0.1, -0.05) is 6.07 Å². The van der Waals surface area contributed by atoms with Crippen molar-refractivity contribution < 1.29 is 4.79 Å². The van der Waals surface area contributed by atoms with Crippen LogP contribution in [0.1, 0.15) is 16.1 Å². The van der Waals surface area contributed by atoms with Crippen LogP contribution in [-0.2, 0) is 0 Å². The van der Waals surface area contributed by atoms with Crippen molar-refractivity contribution in [1.82, 2.24) is 9.97 Å². The first kappa shape index (κ1) is 12.5. The molecule has 5 nitrogen and oxygen atoms in total. The molecule has 0 spiro atoms. The molecule has 0 aliphatic heterocycles. The zero-order valence-electron chi connectivity index (χ0n) is 9.53. The summed E-state index contributed by atoms with van der Waals surface area (Å²) in [5, 5.41) is 2.70. The number of carbonyl (C=O) groups excluding carboxylic acids is 1. The van der Waals surface area contributed by atoms with Gasteiger partial charge in [0.15, 0.2) is 0 Å². The molecule has 0 radical (unpaired) electrons. The van der Waals surface area contributed by atoms with Gasteiger partial charge in [-0.3, -0.25) is 9.59 Å². The Balaban J connectivity index is 2.21. The highest BCUT2D eigenvalue weighted by atomic mass is 79.9. The van der Waals surface area contributed by atoms with Gasteiger partial charge in [0.25, 0.3) is 11.5 Å². The maximum atomic E-state index is 11.8. The highest BCUT2D eigenvalue weighted by molar-refractivity contribution is 9.10. The molecule has 1 aromatic heterocycles. The van der Waals surface area contributed by atoms with E-state index in [0.717, 1.165) is 16.2 Å². The van der Waals surface area contributed by atoms with Crippen LogP contribution in [0, 0.1) is 6.92 Å². The summed E-state index contributed by atoms with van der Waals surface area (Å²) in [4.78, 5) is 28.8. The summed E-state index contributed by atoms with van der Waals surface area (Å²) in [5.41, 5.74) is 1.55. The number of amides is 1. The minimum atomic E-state index is -0.379. The first-order chi connectivity index (χ1) is 8.56. The minimum Gasteiger partial charge on any atom is -0.325 e. The molecule has 1 aromatic carbocycles. The van der Waals surface area contributed by atoms with E-state index in [9.17, 15) is 9.59 Å². The number of nitrogens with one attached hydrogen (secondary N) is 2. The third-order valence-electron chi connectivity index (χ3n) is 2.28. The molecule has 0 saturated heterocycles. The number of H-pyrrole nitrogens is 1. The van der Waals surface area contributed by atoms with Crippen molar-refractivity contribution in [3.63, 3.8) is 0 Å². The van der Waals surface area contributed by atoms with Crippen LogP contribution in [0.2, 0.25) is 0 Å². The predicted octanol–water partition coefficient (Wildman–Crippen LogP) is 2.09. The molecular weight excluding hydrogens is 298 g/mol. The van der Waals surface area contributed by atoms with E-state index in [-0.39, 0.29) is 17.2 Å². The lowest BCUT2D eigenvalue weighted by Crippen LogP contribution is -2.17. The van der Waals surface area contributed by atoms with Gasteiger partial charge in [-0.05, 0) is 40.5 Å². The molecule has 6 heteroatoms. The zero-order valence-corrected chi connectivity index (χ0v) is 11.1. The molecular formula is C12H10BrN3O2. The highest BCUT2D eigenvalue weighted by Crippen LogP contribution is 2.23. The number of hydrogen-bond donors (Lipinski definition) is 2. The van der Waals surface area contributed by atoms with Crippen LogP contribution in [0.3, 0.4) is 0 Å². The molecule has 2 rings (SSSR count). The SMILES string of the molecule is Cc1ccc(NC(=O)c2c[nH]c(=O)cn2)c(Br)c1. The number of hydrogen-bond acceptors (Lipinski definition) is 3. The number of benzene rings is 1. The molecule has 1 heterocycles. The van der Waals surface area contributed by atoms with Gasteiger partial charge >= 0.3 is 0 Å². The number of anilines is 1. The van der Waals surface area contributed by atoms with E-state index >= 15 is 0 Å². The smallest absolute Gasteiger partial charge is 0.275 e. The van der Waals surface area contributed by atoms with E-state index < -0.39 is 0 Å². The molecule has 0 aliphatic carbocycles. The normalized spacial score (nSPS) is 10.1. The third kappa shape index (κ3) is 2.84. The van der Waals surface area contributed by atoms with E-state index in [4.69, 9.17) is 0 Å². The number of nitrogens with zero attached hydrogens (tertiary/aromatic N) is 1. The predicted molar refractivity (Wildman–Crippen MR) is 71.7 cm³/mol. The van der Waals surface area contributed by atoms with Crippen LogP contribution >= 0.6 is 15.9 Å².